The van der Waals surface area contributed by atoms with Crippen molar-refractivity contribution in [2.24, 2.45) is 5.73 Å². The summed E-state index contributed by atoms with van der Waals surface area (Å²) in [6, 6.07) is 11.4. The Morgan fingerprint density at radius 2 is 1.96 bits per heavy atom. The normalized spacial score (nSPS) is 13.9. The van der Waals surface area contributed by atoms with Crippen molar-refractivity contribution < 1.29 is 13.9 Å². The van der Waals surface area contributed by atoms with E-state index in [1.165, 1.54) is 0 Å². The number of para-hydroxylation sites is 1. The van der Waals surface area contributed by atoms with E-state index in [0.29, 0.717) is 29.8 Å². The van der Waals surface area contributed by atoms with Crippen molar-refractivity contribution in [1.82, 2.24) is 0 Å². The molecule has 0 atom stereocenters. The molecule has 0 radical (unpaired) electrons. The van der Waals surface area contributed by atoms with Gasteiger partial charge in [0.05, 0.1) is 6.33 Å². The molecule has 0 saturated carbocycles. The van der Waals surface area contributed by atoms with Gasteiger partial charge in [0.2, 0.25) is 0 Å². The third kappa shape index (κ3) is 4.31. The van der Waals surface area contributed by atoms with Crippen molar-refractivity contribution in [1.29, 1.82) is 0 Å². The zero-order valence-corrected chi connectivity index (χ0v) is 16.3. The number of hydrogen-bond acceptors (Lipinski definition) is 3. The number of fused-ring (bicyclic) bond motifs is 1. The minimum atomic E-state index is 0. The van der Waals surface area contributed by atoms with Crippen molar-refractivity contribution in [3.63, 3.8) is 0 Å². The van der Waals surface area contributed by atoms with Crippen LogP contribution in [-0.4, -0.2) is 25.6 Å². The van der Waals surface area contributed by atoms with E-state index in [2.05, 4.69) is 0 Å². The number of amides is 1. The van der Waals surface area contributed by atoms with Crippen LogP contribution in [0, 0.1) is 13.8 Å². The SMILES string of the molecule is Cc1cccc(C)c1N1CCc2cc(OC/C(=C/F)CN)ccc2C1=O.Cl. The lowest BCUT2D eigenvalue weighted by molar-refractivity contribution is 0.0980. The maximum atomic E-state index is 13.0. The van der Waals surface area contributed by atoms with Gasteiger partial charge >= 0.3 is 0 Å². The van der Waals surface area contributed by atoms with Gasteiger partial charge in [0.15, 0.2) is 0 Å². The van der Waals surface area contributed by atoms with Crippen LogP contribution in [0.5, 0.6) is 5.75 Å². The summed E-state index contributed by atoms with van der Waals surface area (Å²) in [6.45, 7) is 4.89. The molecular formula is C21H24ClFN2O2. The second kappa shape index (κ2) is 9.02. The minimum absolute atomic E-state index is 0. The van der Waals surface area contributed by atoms with E-state index >= 15 is 0 Å². The summed E-state index contributed by atoms with van der Waals surface area (Å²) in [5, 5.41) is 0. The van der Waals surface area contributed by atoms with Crippen LogP contribution in [0.1, 0.15) is 27.0 Å². The molecule has 2 aromatic carbocycles. The van der Waals surface area contributed by atoms with Gasteiger partial charge in [-0.25, -0.2) is 4.39 Å². The summed E-state index contributed by atoms with van der Waals surface area (Å²) in [6.07, 6.45) is 1.22. The van der Waals surface area contributed by atoms with Crippen LogP contribution in [0.2, 0.25) is 0 Å². The molecule has 1 aliphatic heterocycles. The average Bonchev–Trinajstić information content (AvgIpc) is 2.64. The monoisotopic (exact) mass is 390 g/mol. The van der Waals surface area contributed by atoms with Crippen LogP contribution in [-0.2, 0) is 6.42 Å². The fourth-order valence-corrected chi connectivity index (χ4v) is 3.31. The van der Waals surface area contributed by atoms with Gasteiger partial charge < -0.3 is 15.4 Å². The number of carbonyl (C=O) groups is 1. The van der Waals surface area contributed by atoms with Crippen LogP contribution in [0.3, 0.4) is 0 Å². The Balaban J connectivity index is 0.00000261. The number of carbonyl (C=O) groups excluding carboxylic acids is 1. The molecule has 2 N–H and O–H groups in total. The molecular weight excluding hydrogens is 367 g/mol. The van der Waals surface area contributed by atoms with Gasteiger partial charge in [-0.15, -0.1) is 12.4 Å². The topological polar surface area (TPSA) is 55.6 Å². The van der Waals surface area contributed by atoms with Crippen molar-refractivity contribution >= 4 is 24.0 Å². The number of benzene rings is 2. The van der Waals surface area contributed by atoms with Gasteiger partial charge in [-0.05, 0) is 55.2 Å². The van der Waals surface area contributed by atoms with Crippen molar-refractivity contribution in [2.45, 2.75) is 20.3 Å². The van der Waals surface area contributed by atoms with Crippen LogP contribution < -0.4 is 15.4 Å². The van der Waals surface area contributed by atoms with Crippen molar-refractivity contribution in [2.75, 3.05) is 24.6 Å². The third-order valence-electron chi connectivity index (χ3n) is 4.71. The third-order valence-corrected chi connectivity index (χ3v) is 4.71. The number of anilines is 1. The summed E-state index contributed by atoms with van der Waals surface area (Å²) in [5.74, 6) is 0.617. The molecule has 0 bridgehead atoms. The molecule has 0 fully saturated rings. The zero-order chi connectivity index (χ0) is 18.7. The van der Waals surface area contributed by atoms with E-state index in [-0.39, 0.29) is 31.5 Å². The number of nitrogens with two attached hydrogens (primary N) is 1. The fraction of sp³-hybridized carbons (Fsp3) is 0.286. The van der Waals surface area contributed by atoms with E-state index in [9.17, 15) is 9.18 Å². The Kier molecular flexibility index (Phi) is 6.99. The first kappa shape index (κ1) is 20.9. The molecule has 1 aliphatic rings. The van der Waals surface area contributed by atoms with E-state index in [0.717, 1.165) is 28.8 Å². The van der Waals surface area contributed by atoms with Gasteiger partial charge in [0.1, 0.15) is 12.4 Å². The van der Waals surface area contributed by atoms with Crippen LogP contribution >= 0.6 is 12.4 Å². The Morgan fingerprint density at radius 3 is 2.59 bits per heavy atom. The zero-order valence-electron chi connectivity index (χ0n) is 15.5. The van der Waals surface area contributed by atoms with Gasteiger partial charge in [0, 0.05) is 29.9 Å². The maximum absolute atomic E-state index is 13.0. The summed E-state index contributed by atoms with van der Waals surface area (Å²) >= 11 is 0. The van der Waals surface area contributed by atoms with Gasteiger partial charge in [-0.1, -0.05) is 18.2 Å². The van der Waals surface area contributed by atoms with E-state index in [4.69, 9.17) is 10.5 Å². The number of rotatable bonds is 5. The molecule has 0 aromatic heterocycles. The van der Waals surface area contributed by atoms with E-state index < -0.39 is 0 Å². The lowest BCUT2D eigenvalue weighted by atomic mass is 9.96. The molecule has 0 saturated heterocycles. The van der Waals surface area contributed by atoms with Crippen LogP contribution in [0.25, 0.3) is 0 Å². The van der Waals surface area contributed by atoms with Crippen LogP contribution in [0.4, 0.5) is 10.1 Å². The smallest absolute Gasteiger partial charge is 0.258 e. The molecule has 144 valence electrons. The molecule has 0 unspecified atom stereocenters. The van der Waals surface area contributed by atoms with E-state index in [1.54, 1.807) is 12.1 Å². The highest BCUT2D eigenvalue weighted by Crippen LogP contribution is 2.31. The number of ether oxygens (including phenoxy) is 1. The first-order valence-corrected chi connectivity index (χ1v) is 8.67. The largest absolute Gasteiger partial charge is 0.489 e. The Bertz CT molecular complexity index is 847. The fourth-order valence-electron chi connectivity index (χ4n) is 3.31. The molecule has 0 aliphatic carbocycles. The average molecular weight is 391 g/mol. The summed E-state index contributed by atoms with van der Waals surface area (Å²) in [4.78, 5) is 14.9. The second-order valence-corrected chi connectivity index (χ2v) is 6.53. The Labute approximate surface area is 165 Å². The predicted octanol–water partition coefficient (Wildman–Crippen LogP) is 4.12. The molecule has 4 nitrogen and oxygen atoms in total. The highest BCUT2D eigenvalue weighted by molar-refractivity contribution is 6.09. The molecule has 3 rings (SSSR count). The molecule has 27 heavy (non-hydrogen) atoms. The maximum Gasteiger partial charge on any atom is 0.258 e. The molecule has 1 amide bonds. The van der Waals surface area contributed by atoms with Gasteiger partial charge in [-0.3, -0.25) is 4.79 Å². The Morgan fingerprint density at radius 1 is 1.26 bits per heavy atom. The summed E-state index contributed by atoms with van der Waals surface area (Å²) in [7, 11) is 0. The first-order valence-electron chi connectivity index (χ1n) is 8.67. The van der Waals surface area contributed by atoms with Crippen molar-refractivity contribution in [3.8, 4) is 5.75 Å². The lowest BCUT2D eigenvalue weighted by Crippen LogP contribution is -2.38. The quantitative estimate of drug-likeness (QED) is 0.835. The second-order valence-electron chi connectivity index (χ2n) is 6.53. The summed E-state index contributed by atoms with van der Waals surface area (Å²) < 4.78 is 18.2. The first-order chi connectivity index (χ1) is 12.5. The number of hydrogen-bond donors (Lipinski definition) is 1. The van der Waals surface area contributed by atoms with Crippen molar-refractivity contribution in [3.05, 3.63) is 70.6 Å². The van der Waals surface area contributed by atoms with Gasteiger partial charge in [-0.2, -0.15) is 0 Å². The molecule has 1 heterocycles. The summed E-state index contributed by atoms with van der Waals surface area (Å²) in [5.41, 5.74) is 10.6. The lowest BCUT2D eigenvalue weighted by Gasteiger charge is -2.31. The minimum Gasteiger partial charge on any atom is -0.489 e. The molecule has 0 spiro atoms. The molecule has 2 aromatic rings. The standard InChI is InChI=1S/C21H23FN2O2.ClH/c1-14-4-3-5-15(2)20(14)24-9-8-17-10-18(6-7-19(17)21(24)25)26-13-16(11-22)12-23;/h3-7,10-11H,8-9,12-13,23H2,1-2H3;1H/b16-11+;. The highest BCUT2D eigenvalue weighted by Gasteiger charge is 2.27. The highest BCUT2D eigenvalue weighted by atomic mass is 35.5. The predicted molar refractivity (Wildman–Crippen MR) is 109 cm³/mol. The molecule has 6 heteroatoms. The number of halogens is 2. The van der Waals surface area contributed by atoms with Gasteiger partial charge in [0.25, 0.3) is 5.91 Å². The van der Waals surface area contributed by atoms with Crippen LogP contribution in [0.15, 0.2) is 48.3 Å². The number of nitrogens with zero attached hydrogens (tertiary/aromatic N) is 1. The Hall–Kier alpha value is -2.37. The van der Waals surface area contributed by atoms with E-state index in [1.807, 2.05) is 43.0 Å². The number of aryl methyl sites for hydroxylation is 2.